The summed E-state index contributed by atoms with van der Waals surface area (Å²) in [6.45, 7) is 2.37. The average Bonchev–Trinajstić information content (AvgIpc) is 2.44. The summed E-state index contributed by atoms with van der Waals surface area (Å²) in [5, 5.41) is 3.27. The summed E-state index contributed by atoms with van der Waals surface area (Å²) in [6, 6.07) is 3.09. The first-order valence-corrected chi connectivity index (χ1v) is 7.07. The van der Waals surface area contributed by atoms with Gasteiger partial charge in [-0.3, -0.25) is 4.79 Å². The van der Waals surface area contributed by atoms with E-state index in [0.29, 0.717) is 26.4 Å². The predicted octanol–water partition coefficient (Wildman–Crippen LogP) is 2.56. The third-order valence-corrected chi connectivity index (χ3v) is 2.98. The molecule has 0 unspecified atom stereocenters. The maximum Gasteiger partial charge on any atom is 0.271 e. The van der Waals surface area contributed by atoms with Crippen molar-refractivity contribution in [3.05, 3.63) is 28.0 Å². The number of carbonyl (C=O) groups excluding carboxylic acids is 1. The molecule has 1 heterocycles. The summed E-state index contributed by atoms with van der Waals surface area (Å²) in [7, 11) is 1.63. The number of hydrogen-bond acceptors (Lipinski definition) is 4. The van der Waals surface area contributed by atoms with Crippen molar-refractivity contribution in [1.82, 2.24) is 10.3 Å². The predicted molar refractivity (Wildman–Crippen MR) is 78.5 cm³/mol. The molecule has 1 aromatic rings. The van der Waals surface area contributed by atoms with Crippen molar-refractivity contribution in [1.29, 1.82) is 0 Å². The van der Waals surface area contributed by atoms with E-state index < -0.39 is 0 Å². The molecule has 0 atom stereocenters. The van der Waals surface area contributed by atoms with Gasteiger partial charge in [-0.15, -0.1) is 0 Å². The van der Waals surface area contributed by atoms with Gasteiger partial charge in [-0.05, 0) is 25.0 Å². The minimum absolute atomic E-state index is 0.149. The number of halogens is 2. The number of unbranched alkanes of at least 4 members (excludes halogenated alkanes) is 1. The molecule has 0 saturated heterocycles. The van der Waals surface area contributed by atoms with Gasteiger partial charge in [0.05, 0.1) is 18.2 Å². The molecule has 1 aromatic heterocycles. The van der Waals surface area contributed by atoms with Crippen LogP contribution in [-0.4, -0.2) is 44.4 Å². The topological polar surface area (TPSA) is 60.5 Å². The molecule has 5 nitrogen and oxygen atoms in total. The first kappa shape index (κ1) is 17.2. The lowest BCUT2D eigenvalue weighted by Gasteiger charge is -2.07. The van der Waals surface area contributed by atoms with Crippen LogP contribution in [0.25, 0.3) is 0 Å². The second kappa shape index (κ2) is 9.94. The van der Waals surface area contributed by atoms with E-state index in [4.69, 9.17) is 32.7 Å². The van der Waals surface area contributed by atoms with Crippen molar-refractivity contribution in [3.8, 4) is 0 Å². The van der Waals surface area contributed by atoms with Gasteiger partial charge in [0.1, 0.15) is 10.8 Å². The van der Waals surface area contributed by atoms with Crippen molar-refractivity contribution in [2.75, 3.05) is 33.5 Å². The van der Waals surface area contributed by atoms with Crippen LogP contribution in [-0.2, 0) is 9.47 Å². The highest BCUT2D eigenvalue weighted by Crippen LogP contribution is 2.16. The number of ether oxygens (including phenoxy) is 2. The molecule has 0 saturated carbocycles. The van der Waals surface area contributed by atoms with Gasteiger partial charge in [-0.1, -0.05) is 23.2 Å². The molecule has 0 radical (unpaired) electrons. The summed E-state index contributed by atoms with van der Waals surface area (Å²) in [5.41, 5.74) is 0.149. The second-order valence-corrected chi connectivity index (χ2v) is 4.83. The van der Waals surface area contributed by atoms with E-state index in [1.165, 1.54) is 6.07 Å². The fourth-order valence-electron chi connectivity index (χ4n) is 1.44. The molecule has 112 valence electrons. The van der Waals surface area contributed by atoms with Crippen LogP contribution in [0.2, 0.25) is 10.2 Å². The molecule has 1 amide bonds. The quantitative estimate of drug-likeness (QED) is 0.561. The van der Waals surface area contributed by atoms with E-state index in [9.17, 15) is 4.79 Å². The van der Waals surface area contributed by atoms with Crippen LogP contribution in [0.3, 0.4) is 0 Å². The van der Waals surface area contributed by atoms with Crippen LogP contribution >= 0.6 is 23.2 Å². The Morgan fingerprint density at radius 1 is 1.25 bits per heavy atom. The lowest BCUT2D eigenvalue weighted by atomic mass is 10.3. The molecular weight excluding hydrogens is 303 g/mol. The largest absolute Gasteiger partial charge is 0.382 e. The summed E-state index contributed by atoms with van der Waals surface area (Å²) < 4.78 is 10.2. The Morgan fingerprint density at radius 3 is 2.80 bits per heavy atom. The fourth-order valence-corrected chi connectivity index (χ4v) is 1.78. The zero-order valence-corrected chi connectivity index (χ0v) is 12.8. The smallest absolute Gasteiger partial charge is 0.271 e. The van der Waals surface area contributed by atoms with Crippen molar-refractivity contribution in [3.63, 3.8) is 0 Å². The van der Waals surface area contributed by atoms with Gasteiger partial charge in [0, 0.05) is 20.3 Å². The van der Waals surface area contributed by atoms with E-state index >= 15 is 0 Å². The Balaban J connectivity index is 2.18. The Labute approximate surface area is 128 Å². The molecule has 0 bridgehead atoms. The molecule has 1 rings (SSSR count). The van der Waals surface area contributed by atoms with E-state index in [1.807, 2.05) is 0 Å². The van der Waals surface area contributed by atoms with Gasteiger partial charge in [0.2, 0.25) is 0 Å². The molecular formula is C13H18Cl2N2O3. The van der Waals surface area contributed by atoms with Crippen LogP contribution < -0.4 is 5.32 Å². The Morgan fingerprint density at radius 2 is 2.05 bits per heavy atom. The molecule has 0 fully saturated rings. The zero-order valence-electron chi connectivity index (χ0n) is 11.3. The number of carbonyl (C=O) groups is 1. The van der Waals surface area contributed by atoms with Gasteiger partial charge in [0.25, 0.3) is 5.91 Å². The number of aromatic nitrogens is 1. The van der Waals surface area contributed by atoms with Gasteiger partial charge >= 0.3 is 0 Å². The van der Waals surface area contributed by atoms with Crippen LogP contribution in [0.5, 0.6) is 0 Å². The lowest BCUT2D eigenvalue weighted by Crippen LogP contribution is -2.26. The number of rotatable bonds is 9. The molecule has 0 aliphatic rings. The van der Waals surface area contributed by atoms with Gasteiger partial charge in [0.15, 0.2) is 0 Å². The third kappa shape index (κ3) is 6.52. The molecule has 1 N–H and O–H groups in total. The van der Waals surface area contributed by atoms with Crippen LogP contribution in [0.4, 0.5) is 0 Å². The lowest BCUT2D eigenvalue weighted by molar-refractivity contribution is 0.0686. The van der Waals surface area contributed by atoms with Gasteiger partial charge in [-0.25, -0.2) is 4.98 Å². The van der Waals surface area contributed by atoms with Gasteiger partial charge in [-0.2, -0.15) is 0 Å². The molecule has 0 aliphatic heterocycles. The van der Waals surface area contributed by atoms with Crippen molar-refractivity contribution < 1.29 is 14.3 Å². The SMILES string of the molecule is COCCOCCCCNC(=O)c1nc(Cl)ccc1Cl. The van der Waals surface area contributed by atoms with E-state index in [1.54, 1.807) is 13.2 Å². The summed E-state index contributed by atoms with van der Waals surface area (Å²) in [4.78, 5) is 15.7. The summed E-state index contributed by atoms with van der Waals surface area (Å²) in [6.07, 6.45) is 1.68. The molecule has 0 spiro atoms. The Bertz CT molecular complexity index is 430. The van der Waals surface area contributed by atoms with Crippen molar-refractivity contribution in [2.24, 2.45) is 0 Å². The summed E-state index contributed by atoms with van der Waals surface area (Å²) >= 11 is 11.6. The van der Waals surface area contributed by atoms with Crippen molar-refractivity contribution >= 4 is 29.1 Å². The highest BCUT2D eigenvalue weighted by Gasteiger charge is 2.11. The average molecular weight is 321 g/mol. The number of hydrogen-bond donors (Lipinski definition) is 1. The third-order valence-electron chi connectivity index (χ3n) is 2.46. The van der Waals surface area contributed by atoms with Crippen LogP contribution in [0, 0.1) is 0 Å². The van der Waals surface area contributed by atoms with Gasteiger partial charge < -0.3 is 14.8 Å². The molecule has 7 heteroatoms. The number of pyridine rings is 1. The highest BCUT2D eigenvalue weighted by atomic mass is 35.5. The Hall–Kier alpha value is -0.880. The Kier molecular flexibility index (Phi) is 8.53. The van der Waals surface area contributed by atoms with E-state index in [-0.39, 0.29) is 21.8 Å². The number of nitrogens with one attached hydrogen (secondary N) is 1. The van der Waals surface area contributed by atoms with E-state index in [0.717, 1.165) is 12.8 Å². The fraction of sp³-hybridized carbons (Fsp3) is 0.538. The number of nitrogens with zero attached hydrogens (tertiary/aromatic N) is 1. The minimum atomic E-state index is -0.321. The minimum Gasteiger partial charge on any atom is -0.382 e. The maximum atomic E-state index is 11.8. The first-order chi connectivity index (χ1) is 9.65. The number of amides is 1. The van der Waals surface area contributed by atoms with Crippen LogP contribution in [0.15, 0.2) is 12.1 Å². The maximum absolute atomic E-state index is 11.8. The molecule has 0 aromatic carbocycles. The normalized spacial score (nSPS) is 10.6. The zero-order chi connectivity index (χ0) is 14.8. The van der Waals surface area contributed by atoms with Crippen LogP contribution in [0.1, 0.15) is 23.3 Å². The molecule has 20 heavy (non-hydrogen) atoms. The summed E-state index contributed by atoms with van der Waals surface area (Å²) in [5.74, 6) is -0.321. The monoisotopic (exact) mass is 320 g/mol. The first-order valence-electron chi connectivity index (χ1n) is 6.32. The molecule has 0 aliphatic carbocycles. The second-order valence-electron chi connectivity index (χ2n) is 4.03. The van der Waals surface area contributed by atoms with Crippen molar-refractivity contribution in [2.45, 2.75) is 12.8 Å². The highest BCUT2D eigenvalue weighted by molar-refractivity contribution is 6.34. The number of methoxy groups -OCH3 is 1. The standard InChI is InChI=1S/C13H18Cl2N2O3/c1-19-8-9-20-7-3-2-6-16-13(18)12-10(14)4-5-11(15)17-12/h4-5H,2-3,6-9H2,1H3,(H,16,18). The van der Waals surface area contributed by atoms with E-state index in [2.05, 4.69) is 10.3 Å².